The van der Waals surface area contributed by atoms with E-state index in [2.05, 4.69) is 20.1 Å². The maximum absolute atomic E-state index is 11.5. The van der Waals surface area contributed by atoms with Crippen molar-refractivity contribution in [1.82, 2.24) is 20.1 Å². The summed E-state index contributed by atoms with van der Waals surface area (Å²) in [7, 11) is 0. The first-order chi connectivity index (χ1) is 10.1. The number of rotatable bonds is 7. The van der Waals surface area contributed by atoms with Crippen LogP contribution in [0.2, 0.25) is 0 Å². The summed E-state index contributed by atoms with van der Waals surface area (Å²) in [5.74, 6) is 0.660. The van der Waals surface area contributed by atoms with Crippen molar-refractivity contribution in [2.45, 2.75) is 63.2 Å². The molecule has 1 aromatic rings. The van der Waals surface area contributed by atoms with Crippen LogP contribution in [0.3, 0.4) is 0 Å². The van der Waals surface area contributed by atoms with Crippen molar-refractivity contribution in [3.8, 4) is 0 Å². The number of carboxylic acid groups (broad SMARTS) is 1. The van der Waals surface area contributed by atoms with Gasteiger partial charge in [-0.05, 0) is 32.7 Å². The van der Waals surface area contributed by atoms with Gasteiger partial charge in [0, 0.05) is 18.7 Å². The minimum absolute atomic E-state index is 0.445. The van der Waals surface area contributed by atoms with Gasteiger partial charge in [0.1, 0.15) is 11.4 Å². The zero-order valence-electron chi connectivity index (χ0n) is 12.8. The summed E-state index contributed by atoms with van der Waals surface area (Å²) >= 11 is 1.48. The highest BCUT2D eigenvalue weighted by Gasteiger charge is 2.33. The number of aryl methyl sites for hydroxylation is 1. The van der Waals surface area contributed by atoms with Crippen molar-refractivity contribution in [3.63, 3.8) is 0 Å². The molecule has 1 unspecified atom stereocenters. The molecule has 6 nitrogen and oxygen atoms in total. The van der Waals surface area contributed by atoms with E-state index in [0.717, 1.165) is 43.2 Å². The van der Waals surface area contributed by atoms with Crippen molar-refractivity contribution in [2.24, 2.45) is 0 Å². The highest BCUT2D eigenvalue weighted by molar-refractivity contribution is 7.99. The molecule has 0 aromatic carbocycles. The number of thioether (sulfide) groups is 1. The lowest BCUT2D eigenvalue weighted by atomic mass is 10.1. The molecular weight excluding hydrogens is 288 g/mol. The average Bonchev–Trinajstić information content (AvgIpc) is 2.69. The predicted molar refractivity (Wildman–Crippen MR) is 82.6 cm³/mol. The molecule has 2 heterocycles. The van der Waals surface area contributed by atoms with Gasteiger partial charge in [0.2, 0.25) is 0 Å². The molecule has 0 fully saturated rings. The van der Waals surface area contributed by atoms with Crippen molar-refractivity contribution in [1.29, 1.82) is 0 Å². The van der Waals surface area contributed by atoms with Gasteiger partial charge in [0.15, 0.2) is 5.16 Å². The fourth-order valence-electron chi connectivity index (χ4n) is 2.36. The fraction of sp³-hybridized carbons (Fsp3) is 0.786. The maximum atomic E-state index is 11.5. The number of carbonyl (C=O) groups is 1. The highest BCUT2D eigenvalue weighted by atomic mass is 32.2. The third-order valence-electron chi connectivity index (χ3n) is 3.80. The second-order valence-electron chi connectivity index (χ2n) is 5.71. The molecule has 0 amide bonds. The second-order valence-corrected chi connectivity index (χ2v) is 6.66. The zero-order chi connectivity index (χ0) is 15.3. The van der Waals surface area contributed by atoms with Crippen LogP contribution >= 0.6 is 11.8 Å². The quantitative estimate of drug-likeness (QED) is 0.749. The normalized spacial score (nSPS) is 17.8. The Bertz CT molecular complexity index is 491. The van der Waals surface area contributed by atoms with Gasteiger partial charge >= 0.3 is 5.97 Å². The molecular formula is C14H24N4O2S. The molecule has 0 aliphatic carbocycles. The molecule has 0 bridgehead atoms. The Labute approximate surface area is 129 Å². The number of fused-ring (bicyclic) bond motifs is 1. The maximum Gasteiger partial charge on any atom is 0.324 e. The average molecular weight is 312 g/mol. The molecule has 2 rings (SSSR count). The van der Waals surface area contributed by atoms with Crippen LogP contribution in [0, 0.1) is 0 Å². The first-order valence-corrected chi connectivity index (χ1v) is 8.58. The van der Waals surface area contributed by atoms with E-state index in [0.29, 0.717) is 12.3 Å². The Morgan fingerprint density at radius 2 is 2.24 bits per heavy atom. The molecule has 0 radical (unpaired) electrons. The number of aromatic nitrogens is 3. The number of aliphatic carboxylic acids is 1. The van der Waals surface area contributed by atoms with Gasteiger partial charge in [0.05, 0.1) is 0 Å². The van der Waals surface area contributed by atoms with E-state index in [1.807, 2.05) is 6.92 Å². The summed E-state index contributed by atoms with van der Waals surface area (Å²) in [5, 5.41) is 21.9. The monoisotopic (exact) mass is 312 g/mol. The third kappa shape index (κ3) is 3.97. The van der Waals surface area contributed by atoms with Crippen LogP contribution < -0.4 is 5.32 Å². The number of nitrogens with zero attached hydrogens (tertiary/aromatic N) is 3. The van der Waals surface area contributed by atoms with Gasteiger partial charge in [0.25, 0.3) is 0 Å². The van der Waals surface area contributed by atoms with Gasteiger partial charge < -0.3 is 15.0 Å². The van der Waals surface area contributed by atoms with Crippen LogP contribution in [0.4, 0.5) is 0 Å². The Morgan fingerprint density at radius 1 is 1.43 bits per heavy atom. The van der Waals surface area contributed by atoms with E-state index in [1.54, 1.807) is 6.92 Å². The Morgan fingerprint density at radius 3 is 2.95 bits per heavy atom. The van der Waals surface area contributed by atoms with Gasteiger partial charge in [-0.25, -0.2) is 0 Å². The minimum Gasteiger partial charge on any atom is -0.480 e. The summed E-state index contributed by atoms with van der Waals surface area (Å²) in [6.45, 7) is 5.40. The van der Waals surface area contributed by atoms with E-state index in [9.17, 15) is 9.90 Å². The van der Waals surface area contributed by atoms with Crippen LogP contribution in [0.25, 0.3) is 0 Å². The predicted octanol–water partition coefficient (Wildman–Crippen LogP) is 1.94. The van der Waals surface area contributed by atoms with Gasteiger partial charge in [-0.3, -0.25) is 4.79 Å². The zero-order valence-corrected chi connectivity index (χ0v) is 13.6. The Balaban J connectivity index is 2.04. The smallest absolute Gasteiger partial charge is 0.324 e. The third-order valence-corrected chi connectivity index (χ3v) is 5.08. The standard InChI is InChI=1S/C14H24N4O2S/c1-3-8-15-14(2,12(19)20)10-21-13-17-16-11-7-5-4-6-9-18(11)13/h15H,3-10H2,1-2H3,(H,19,20). The van der Waals surface area contributed by atoms with Crippen LogP contribution in [-0.2, 0) is 17.8 Å². The van der Waals surface area contributed by atoms with Crippen molar-refractivity contribution >= 4 is 17.7 Å². The minimum atomic E-state index is -0.933. The summed E-state index contributed by atoms with van der Waals surface area (Å²) in [6, 6.07) is 0. The molecule has 2 N–H and O–H groups in total. The summed E-state index contributed by atoms with van der Waals surface area (Å²) in [5.41, 5.74) is -0.933. The van der Waals surface area contributed by atoms with E-state index < -0.39 is 11.5 Å². The first kappa shape index (κ1) is 16.3. The second kappa shape index (κ2) is 7.26. The van der Waals surface area contributed by atoms with E-state index in [4.69, 9.17) is 0 Å². The lowest BCUT2D eigenvalue weighted by Gasteiger charge is -2.25. The lowest BCUT2D eigenvalue weighted by Crippen LogP contribution is -2.52. The molecule has 21 heavy (non-hydrogen) atoms. The molecule has 0 saturated heterocycles. The molecule has 1 aromatic heterocycles. The van der Waals surface area contributed by atoms with Gasteiger partial charge in [-0.15, -0.1) is 10.2 Å². The molecule has 1 atom stereocenters. The van der Waals surface area contributed by atoms with Crippen molar-refractivity contribution in [2.75, 3.05) is 12.3 Å². The Hall–Kier alpha value is -1.08. The fourth-order valence-corrected chi connectivity index (χ4v) is 3.46. The first-order valence-electron chi connectivity index (χ1n) is 7.60. The molecule has 118 valence electrons. The van der Waals surface area contributed by atoms with Crippen molar-refractivity contribution < 1.29 is 9.90 Å². The molecule has 7 heteroatoms. The molecule has 0 spiro atoms. The number of hydrogen-bond donors (Lipinski definition) is 2. The van der Waals surface area contributed by atoms with Crippen LogP contribution in [-0.4, -0.2) is 43.7 Å². The largest absolute Gasteiger partial charge is 0.480 e. The van der Waals surface area contributed by atoms with E-state index in [1.165, 1.54) is 18.2 Å². The molecule has 1 aliphatic heterocycles. The van der Waals surface area contributed by atoms with E-state index >= 15 is 0 Å². The van der Waals surface area contributed by atoms with Crippen LogP contribution in [0.1, 0.15) is 45.4 Å². The molecule has 1 aliphatic rings. The number of nitrogens with one attached hydrogen (secondary N) is 1. The van der Waals surface area contributed by atoms with Gasteiger partial charge in [-0.2, -0.15) is 0 Å². The van der Waals surface area contributed by atoms with E-state index in [-0.39, 0.29) is 0 Å². The Kier molecular flexibility index (Phi) is 5.64. The highest BCUT2D eigenvalue weighted by Crippen LogP contribution is 2.25. The summed E-state index contributed by atoms with van der Waals surface area (Å²) < 4.78 is 2.15. The molecule has 0 saturated carbocycles. The van der Waals surface area contributed by atoms with Gasteiger partial charge in [-0.1, -0.05) is 25.1 Å². The lowest BCUT2D eigenvalue weighted by molar-refractivity contribution is -0.143. The summed E-state index contributed by atoms with van der Waals surface area (Å²) in [4.78, 5) is 11.5. The summed E-state index contributed by atoms with van der Waals surface area (Å²) in [6.07, 6.45) is 5.40. The van der Waals surface area contributed by atoms with Crippen LogP contribution in [0.5, 0.6) is 0 Å². The SMILES string of the molecule is CCCNC(C)(CSc1nnc2n1CCCCC2)C(=O)O. The number of hydrogen-bond acceptors (Lipinski definition) is 5. The van der Waals surface area contributed by atoms with Crippen LogP contribution in [0.15, 0.2) is 5.16 Å². The topological polar surface area (TPSA) is 80.0 Å². The number of carboxylic acids is 1. The van der Waals surface area contributed by atoms with Crippen molar-refractivity contribution in [3.05, 3.63) is 5.82 Å².